The first-order valence-electron chi connectivity index (χ1n) is 10.5. The van der Waals surface area contributed by atoms with E-state index in [0.29, 0.717) is 24.3 Å². The average molecular weight is 423 g/mol. The molecule has 0 atom stereocenters. The fourth-order valence-corrected chi connectivity index (χ4v) is 3.35. The largest absolute Gasteiger partial charge is 0.360 e. The van der Waals surface area contributed by atoms with Gasteiger partial charge in [0.25, 0.3) is 5.91 Å². The summed E-state index contributed by atoms with van der Waals surface area (Å²) in [5.41, 5.74) is 3.40. The molecule has 0 spiro atoms. The maximum Gasteiger partial charge on any atom is 0.251 e. The van der Waals surface area contributed by atoms with Gasteiger partial charge in [-0.1, -0.05) is 32.9 Å². The highest BCUT2D eigenvalue weighted by Crippen LogP contribution is 2.22. The smallest absolute Gasteiger partial charge is 0.251 e. The van der Waals surface area contributed by atoms with Crippen molar-refractivity contribution in [1.82, 2.24) is 10.6 Å². The van der Waals surface area contributed by atoms with Crippen LogP contribution in [-0.2, 0) is 15.0 Å². The van der Waals surface area contributed by atoms with Crippen LogP contribution in [0.15, 0.2) is 48.5 Å². The van der Waals surface area contributed by atoms with E-state index in [9.17, 15) is 14.4 Å². The van der Waals surface area contributed by atoms with Crippen molar-refractivity contribution in [3.8, 4) is 0 Å². The fraction of sp³-hybridized carbons (Fsp3) is 0.375. The molecule has 3 amide bonds. The van der Waals surface area contributed by atoms with Gasteiger partial charge < -0.3 is 20.9 Å². The first-order valence-corrected chi connectivity index (χ1v) is 10.5. The third-order valence-corrected chi connectivity index (χ3v) is 5.21. The maximum atomic E-state index is 12.3. The number of nitrogens with one attached hydrogen (secondary N) is 3. The highest BCUT2D eigenvalue weighted by molar-refractivity contribution is 5.95. The van der Waals surface area contributed by atoms with Crippen molar-refractivity contribution < 1.29 is 14.4 Å². The number of hydrogen-bond acceptors (Lipinski definition) is 4. The summed E-state index contributed by atoms with van der Waals surface area (Å²) in [4.78, 5) is 38.0. The molecule has 0 bridgehead atoms. The molecule has 7 heteroatoms. The van der Waals surface area contributed by atoms with Crippen molar-refractivity contribution in [3.63, 3.8) is 0 Å². The van der Waals surface area contributed by atoms with Gasteiger partial charge in [0.2, 0.25) is 11.8 Å². The van der Waals surface area contributed by atoms with E-state index in [1.165, 1.54) is 0 Å². The van der Waals surface area contributed by atoms with Crippen LogP contribution < -0.4 is 20.9 Å². The van der Waals surface area contributed by atoms with Crippen LogP contribution in [0.4, 0.5) is 11.4 Å². The molecule has 7 nitrogen and oxygen atoms in total. The molecule has 0 aliphatic carbocycles. The van der Waals surface area contributed by atoms with Crippen LogP contribution in [0.5, 0.6) is 0 Å². The predicted octanol–water partition coefficient (Wildman–Crippen LogP) is 2.68. The molecule has 31 heavy (non-hydrogen) atoms. The molecule has 1 aliphatic rings. The summed E-state index contributed by atoms with van der Waals surface area (Å²) in [7, 11) is 0. The number of hydrogen-bond donors (Lipinski definition) is 3. The third kappa shape index (κ3) is 6.31. The number of benzene rings is 2. The number of piperazine rings is 1. The second-order valence-corrected chi connectivity index (χ2v) is 8.70. The molecule has 1 fully saturated rings. The fourth-order valence-electron chi connectivity index (χ4n) is 3.35. The quantitative estimate of drug-likeness (QED) is 0.668. The lowest BCUT2D eigenvalue weighted by Gasteiger charge is -2.28. The van der Waals surface area contributed by atoms with E-state index in [0.717, 1.165) is 17.8 Å². The SMILES string of the molecule is CC(C)(C)c1ccc(C(=O)NCCC(=O)Nc2ccc(N3CCNC(=O)C3)cc2)cc1. The Balaban J connectivity index is 1.43. The standard InChI is InChI=1S/C24H30N4O3/c1-24(2,3)18-6-4-17(5-7-18)23(31)26-13-12-21(29)27-19-8-10-20(11-9-19)28-15-14-25-22(30)16-28/h4-11H,12-16H2,1-3H3,(H,25,30)(H,26,31)(H,27,29). The Morgan fingerprint density at radius 3 is 2.32 bits per heavy atom. The molecule has 1 saturated heterocycles. The Morgan fingerprint density at radius 1 is 1.03 bits per heavy atom. The van der Waals surface area contributed by atoms with Crippen molar-refractivity contribution in [3.05, 3.63) is 59.7 Å². The molecule has 0 saturated carbocycles. The molecule has 1 heterocycles. The number of amides is 3. The molecule has 164 valence electrons. The van der Waals surface area contributed by atoms with Gasteiger partial charge >= 0.3 is 0 Å². The van der Waals surface area contributed by atoms with Crippen LogP contribution in [0, 0.1) is 0 Å². The Kier molecular flexibility index (Phi) is 6.95. The monoisotopic (exact) mass is 422 g/mol. The van der Waals surface area contributed by atoms with Gasteiger partial charge in [-0.2, -0.15) is 0 Å². The van der Waals surface area contributed by atoms with E-state index < -0.39 is 0 Å². The minimum atomic E-state index is -0.191. The van der Waals surface area contributed by atoms with Crippen LogP contribution in [0.2, 0.25) is 0 Å². The minimum Gasteiger partial charge on any atom is -0.360 e. The highest BCUT2D eigenvalue weighted by Gasteiger charge is 2.17. The van der Waals surface area contributed by atoms with Crippen molar-refractivity contribution in [2.24, 2.45) is 0 Å². The normalized spacial score (nSPS) is 14.0. The van der Waals surface area contributed by atoms with Gasteiger partial charge in [0, 0.05) is 43.0 Å². The zero-order chi connectivity index (χ0) is 22.4. The van der Waals surface area contributed by atoms with E-state index in [-0.39, 0.29) is 36.1 Å². The summed E-state index contributed by atoms with van der Waals surface area (Å²) in [6, 6.07) is 14.9. The summed E-state index contributed by atoms with van der Waals surface area (Å²) in [5.74, 6) is -0.354. The van der Waals surface area contributed by atoms with E-state index >= 15 is 0 Å². The van der Waals surface area contributed by atoms with E-state index in [1.54, 1.807) is 0 Å². The van der Waals surface area contributed by atoms with Crippen LogP contribution in [0.25, 0.3) is 0 Å². The lowest BCUT2D eigenvalue weighted by atomic mass is 9.87. The molecule has 2 aromatic carbocycles. The van der Waals surface area contributed by atoms with Crippen molar-refractivity contribution in [2.75, 3.05) is 36.4 Å². The Hall–Kier alpha value is -3.35. The van der Waals surface area contributed by atoms with Gasteiger partial charge in [0.1, 0.15) is 0 Å². The molecule has 3 rings (SSSR count). The molecule has 1 aliphatic heterocycles. The number of carbonyl (C=O) groups excluding carboxylic acids is 3. The Labute approximate surface area is 183 Å². The third-order valence-electron chi connectivity index (χ3n) is 5.21. The zero-order valence-corrected chi connectivity index (χ0v) is 18.3. The van der Waals surface area contributed by atoms with E-state index in [4.69, 9.17) is 0 Å². The van der Waals surface area contributed by atoms with Crippen molar-refractivity contribution in [1.29, 1.82) is 0 Å². The summed E-state index contributed by atoms with van der Waals surface area (Å²) in [6.07, 6.45) is 0.180. The van der Waals surface area contributed by atoms with Crippen molar-refractivity contribution in [2.45, 2.75) is 32.6 Å². The topological polar surface area (TPSA) is 90.5 Å². The van der Waals surface area contributed by atoms with Gasteiger partial charge in [0.15, 0.2) is 0 Å². The van der Waals surface area contributed by atoms with Crippen LogP contribution >= 0.6 is 0 Å². The number of nitrogens with zero attached hydrogens (tertiary/aromatic N) is 1. The Bertz CT molecular complexity index is 931. The average Bonchev–Trinajstić information content (AvgIpc) is 2.73. The first kappa shape index (κ1) is 22.3. The molecule has 0 unspecified atom stereocenters. The number of rotatable bonds is 6. The van der Waals surface area contributed by atoms with Gasteiger partial charge in [-0.15, -0.1) is 0 Å². The molecule has 3 N–H and O–H groups in total. The van der Waals surface area contributed by atoms with Crippen LogP contribution in [-0.4, -0.2) is 43.9 Å². The van der Waals surface area contributed by atoms with Gasteiger partial charge in [-0.25, -0.2) is 0 Å². The van der Waals surface area contributed by atoms with E-state index in [1.807, 2.05) is 53.4 Å². The van der Waals surface area contributed by atoms with Crippen LogP contribution in [0.3, 0.4) is 0 Å². The Morgan fingerprint density at radius 2 is 1.71 bits per heavy atom. The van der Waals surface area contributed by atoms with E-state index in [2.05, 4.69) is 36.7 Å². The maximum absolute atomic E-state index is 12.3. The molecule has 0 aromatic heterocycles. The molecule has 0 radical (unpaired) electrons. The summed E-state index contributed by atoms with van der Waals surface area (Å²) >= 11 is 0. The summed E-state index contributed by atoms with van der Waals surface area (Å²) in [6.45, 7) is 8.36. The first-order chi connectivity index (χ1) is 14.7. The lowest BCUT2D eigenvalue weighted by molar-refractivity contribution is -0.120. The molecular formula is C24H30N4O3. The van der Waals surface area contributed by atoms with Gasteiger partial charge in [-0.3, -0.25) is 14.4 Å². The predicted molar refractivity (Wildman–Crippen MR) is 122 cm³/mol. The van der Waals surface area contributed by atoms with Crippen LogP contribution in [0.1, 0.15) is 43.1 Å². The van der Waals surface area contributed by atoms with Gasteiger partial charge in [-0.05, 0) is 47.4 Å². The lowest BCUT2D eigenvalue weighted by Crippen LogP contribution is -2.47. The summed E-state index contributed by atoms with van der Waals surface area (Å²) < 4.78 is 0. The van der Waals surface area contributed by atoms with Gasteiger partial charge in [0.05, 0.1) is 6.54 Å². The highest BCUT2D eigenvalue weighted by atomic mass is 16.2. The minimum absolute atomic E-state index is 0.0100. The molecule has 2 aromatic rings. The molecular weight excluding hydrogens is 392 g/mol. The zero-order valence-electron chi connectivity index (χ0n) is 18.3. The van der Waals surface area contributed by atoms with Crippen molar-refractivity contribution >= 4 is 29.1 Å². The number of anilines is 2. The second kappa shape index (κ2) is 9.64. The number of carbonyl (C=O) groups is 3. The second-order valence-electron chi connectivity index (χ2n) is 8.70. The summed E-state index contributed by atoms with van der Waals surface area (Å²) in [5, 5.41) is 8.41.